The number of carbonyl (C=O) groups is 1. The van der Waals surface area contributed by atoms with Crippen LogP contribution in [0.1, 0.15) is 19.8 Å². The van der Waals surface area contributed by atoms with E-state index in [1.807, 2.05) is 6.92 Å². The number of carbonyl (C=O) groups excluding carboxylic acids is 1. The molecule has 2 aromatic rings. The Kier molecular flexibility index (Phi) is 3.83. The van der Waals surface area contributed by atoms with Crippen molar-refractivity contribution in [1.82, 2.24) is 9.36 Å². The van der Waals surface area contributed by atoms with Crippen LogP contribution in [0.25, 0.3) is 11.1 Å². The number of anilines is 1. The lowest BCUT2D eigenvalue weighted by molar-refractivity contribution is -0.121. The van der Waals surface area contributed by atoms with Crippen LogP contribution in [0.5, 0.6) is 5.75 Å². The van der Waals surface area contributed by atoms with Crippen LogP contribution >= 0.6 is 11.6 Å². The van der Waals surface area contributed by atoms with Gasteiger partial charge in [-0.15, -0.1) is 0 Å². The van der Waals surface area contributed by atoms with Gasteiger partial charge in [0.25, 0.3) is 11.5 Å². The highest BCUT2D eigenvalue weighted by Gasteiger charge is 2.29. The maximum absolute atomic E-state index is 14.7. The number of nitrogens with zero attached hydrogens (tertiary/aromatic N) is 3. The Morgan fingerprint density at radius 3 is 2.60 bits per heavy atom. The van der Waals surface area contributed by atoms with Crippen molar-refractivity contribution in [2.24, 2.45) is 0 Å². The van der Waals surface area contributed by atoms with Crippen LogP contribution in [-0.2, 0) is 17.9 Å². The largest absolute Gasteiger partial charge is 0.481 e. The first-order valence-corrected chi connectivity index (χ1v) is 8.67. The molecule has 1 aromatic carbocycles. The maximum atomic E-state index is 14.7. The molecule has 0 saturated carbocycles. The normalized spacial score (nSPS) is 16.4. The highest BCUT2D eigenvalue weighted by atomic mass is 35.5. The summed E-state index contributed by atoms with van der Waals surface area (Å²) in [6.07, 6.45) is 1.81. The molecule has 2 aliphatic rings. The molecule has 1 amide bonds. The molecule has 0 saturated heterocycles. The van der Waals surface area contributed by atoms with Gasteiger partial charge in [0.15, 0.2) is 6.61 Å². The van der Waals surface area contributed by atoms with Crippen LogP contribution in [0.4, 0.5) is 10.1 Å². The molecular weight excluding hydrogens is 349 g/mol. The minimum Gasteiger partial charge on any atom is -0.481 e. The monoisotopic (exact) mass is 365 g/mol. The lowest BCUT2D eigenvalue weighted by Gasteiger charge is -2.28. The summed E-state index contributed by atoms with van der Waals surface area (Å²) in [4.78, 5) is 26.3. The van der Waals surface area contributed by atoms with E-state index < -0.39 is 5.82 Å². The summed E-state index contributed by atoms with van der Waals surface area (Å²) in [5.41, 5.74) is 0.382. The Hall–Kier alpha value is -2.28. The number of ether oxygens (including phenoxy) is 1. The smallest absolute Gasteiger partial charge is 0.276 e. The van der Waals surface area contributed by atoms with Crippen LogP contribution in [0, 0.1) is 5.82 Å². The summed E-state index contributed by atoms with van der Waals surface area (Å²) in [6.45, 7) is 3.33. The number of fused-ring (bicyclic) bond motifs is 2. The number of halogens is 2. The number of rotatable bonds is 2. The van der Waals surface area contributed by atoms with Crippen molar-refractivity contribution in [3.05, 3.63) is 33.5 Å². The number of benzene rings is 1. The molecule has 0 aliphatic carbocycles. The van der Waals surface area contributed by atoms with Crippen molar-refractivity contribution in [2.75, 3.05) is 18.1 Å². The van der Waals surface area contributed by atoms with Gasteiger partial charge in [0, 0.05) is 31.3 Å². The quantitative estimate of drug-likeness (QED) is 0.822. The van der Waals surface area contributed by atoms with Crippen molar-refractivity contribution < 1.29 is 13.9 Å². The Labute approximate surface area is 148 Å². The Bertz CT molecular complexity index is 934. The van der Waals surface area contributed by atoms with Crippen molar-refractivity contribution in [3.63, 3.8) is 0 Å². The Morgan fingerprint density at radius 2 is 1.92 bits per heavy atom. The molecule has 0 bridgehead atoms. The van der Waals surface area contributed by atoms with Crippen LogP contribution in [0.15, 0.2) is 16.9 Å². The van der Waals surface area contributed by atoms with Crippen molar-refractivity contribution >= 4 is 23.2 Å². The minimum absolute atomic E-state index is 0.0971. The minimum atomic E-state index is -0.591. The van der Waals surface area contributed by atoms with Crippen molar-refractivity contribution in [1.29, 1.82) is 0 Å². The van der Waals surface area contributed by atoms with Crippen LogP contribution in [0.2, 0.25) is 5.15 Å². The average Bonchev–Trinajstić information content (AvgIpc) is 2.86. The summed E-state index contributed by atoms with van der Waals surface area (Å²) >= 11 is 6.40. The van der Waals surface area contributed by atoms with Crippen LogP contribution < -0.4 is 15.2 Å². The lowest BCUT2D eigenvalue weighted by Crippen LogP contribution is -2.38. The Morgan fingerprint density at radius 1 is 1.20 bits per heavy atom. The number of aromatic nitrogens is 2. The molecule has 8 heteroatoms. The molecule has 0 fully saturated rings. The topological polar surface area (TPSA) is 56.5 Å². The first-order valence-electron chi connectivity index (χ1n) is 8.29. The third-order valence-electron chi connectivity index (χ3n) is 4.74. The van der Waals surface area contributed by atoms with Gasteiger partial charge in [-0.1, -0.05) is 11.6 Å². The van der Waals surface area contributed by atoms with E-state index in [1.165, 1.54) is 17.0 Å². The molecule has 6 nitrogen and oxygen atoms in total. The molecule has 4 rings (SSSR count). The van der Waals surface area contributed by atoms with Crippen LogP contribution in [-0.4, -0.2) is 28.4 Å². The number of likely N-dealkylation sites (N-methyl/N-ethyl adjacent to an activating group) is 1. The summed E-state index contributed by atoms with van der Waals surface area (Å²) < 4.78 is 23.3. The fourth-order valence-electron chi connectivity index (χ4n) is 3.51. The molecule has 0 N–H and O–H groups in total. The van der Waals surface area contributed by atoms with Gasteiger partial charge in [0.2, 0.25) is 0 Å². The third kappa shape index (κ3) is 2.37. The summed E-state index contributed by atoms with van der Waals surface area (Å²) in [5.74, 6) is -0.499. The second-order valence-corrected chi connectivity index (χ2v) is 6.51. The second kappa shape index (κ2) is 5.91. The molecule has 0 spiro atoms. The molecule has 0 radical (unpaired) electrons. The molecule has 0 unspecified atom stereocenters. The molecule has 132 valence electrons. The molecule has 3 heterocycles. The zero-order chi connectivity index (χ0) is 17.7. The van der Waals surface area contributed by atoms with E-state index in [1.54, 1.807) is 9.36 Å². The molecular formula is C17H17ClFN3O3. The van der Waals surface area contributed by atoms with E-state index in [9.17, 15) is 14.0 Å². The average molecular weight is 366 g/mol. The predicted molar refractivity (Wildman–Crippen MR) is 91.9 cm³/mol. The second-order valence-electron chi connectivity index (χ2n) is 6.15. The number of hydrogen-bond donors (Lipinski definition) is 0. The van der Waals surface area contributed by atoms with Gasteiger partial charge >= 0.3 is 0 Å². The molecule has 2 aliphatic heterocycles. The van der Waals surface area contributed by atoms with Crippen LogP contribution in [0.3, 0.4) is 0 Å². The zero-order valence-corrected chi connectivity index (χ0v) is 14.5. The summed E-state index contributed by atoms with van der Waals surface area (Å²) in [7, 11) is 0. The molecule has 0 atom stereocenters. The maximum Gasteiger partial charge on any atom is 0.276 e. The molecule has 25 heavy (non-hydrogen) atoms. The van der Waals surface area contributed by atoms with Gasteiger partial charge in [-0.2, -0.15) is 0 Å². The van der Waals surface area contributed by atoms with E-state index in [2.05, 4.69) is 0 Å². The van der Waals surface area contributed by atoms with Gasteiger partial charge in [-0.25, -0.2) is 9.07 Å². The van der Waals surface area contributed by atoms with Gasteiger partial charge in [0.1, 0.15) is 16.7 Å². The molecule has 1 aromatic heterocycles. The fraction of sp³-hybridized carbons (Fsp3) is 0.412. The zero-order valence-electron chi connectivity index (χ0n) is 13.7. The van der Waals surface area contributed by atoms with Gasteiger partial charge in [-0.3, -0.25) is 14.3 Å². The predicted octanol–water partition coefficient (Wildman–Crippen LogP) is 2.65. The first-order chi connectivity index (χ1) is 12.0. The standard InChI is InChI=1S/C17H17ClFN3O3/c1-2-20-12-7-10(11(19)8-13(12)25-9-14(20)23)15-16(18)21-5-3-4-6-22(21)17(15)24/h7-8H,2-6,9H2,1H3. The van der Waals surface area contributed by atoms with Crippen molar-refractivity contribution in [3.8, 4) is 16.9 Å². The van der Waals surface area contributed by atoms with E-state index in [-0.39, 0.29) is 34.4 Å². The highest BCUT2D eigenvalue weighted by molar-refractivity contribution is 6.32. The number of amides is 1. The van der Waals surface area contributed by atoms with E-state index in [4.69, 9.17) is 16.3 Å². The number of hydrogen-bond acceptors (Lipinski definition) is 3. The summed E-state index contributed by atoms with van der Waals surface area (Å²) in [6, 6.07) is 2.71. The van der Waals surface area contributed by atoms with E-state index >= 15 is 0 Å². The van der Waals surface area contributed by atoms with Gasteiger partial charge in [0.05, 0.1) is 11.3 Å². The summed E-state index contributed by atoms with van der Waals surface area (Å²) in [5, 5.41) is 0.231. The van der Waals surface area contributed by atoms with Gasteiger partial charge in [-0.05, 0) is 25.8 Å². The Balaban J connectivity index is 1.93. The fourth-order valence-corrected chi connectivity index (χ4v) is 3.87. The van der Waals surface area contributed by atoms with E-state index in [0.29, 0.717) is 31.1 Å². The van der Waals surface area contributed by atoms with Crippen molar-refractivity contribution in [2.45, 2.75) is 32.9 Å². The van der Waals surface area contributed by atoms with E-state index in [0.717, 1.165) is 12.8 Å². The van der Waals surface area contributed by atoms with Gasteiger partial charge < -0.3 is 9.64 Å². The SMILES string of the molecule is CCN1C(=O)COc2cc(F)c(-c3c(Cl)n4n(c3=O)CCCC4)cc21. The lowest BCUT2D eigenvalue weighted by atomic mass is 10.1. The third-order valence-corrected chi connectivity index (χ3v) is 5.12. The highest BCUT2D eigenvalue weighted by Crippen LogP contribution is 2.39. The first kappa shape index (κ1) is 16.2.